The van der Waals surface area contributed by atoms with E-state index in [0.29, 0.717) is 6.42 Å². The van der Waals surface area contributed by atoms with Crippen molar-refractivity contribution in [2.75, 3.05) is 29.9 Å². The average Bonchev–Trinajstić information content (AvgIpc) is 2.70. The van der Waals surface area contributed by atoms with Crippen LogP contribution in [0.25, 0.3) is 11.3 Å². The van der Waals surface area contributed by atoms with Gasteiger partial charge in [-0.05, 0) is 50.2 Å². The normalized spacial score (nSPS) is 15.6. The first-order valence-electron chi connectivity index (χ1n) is 10.00. The number of nitrogens with zero attached hydrogens (tertiary/aromatic N) is 4. The lowest BCUT2D eigenvalue weighted by Crippen LogP contribution is -2.43. The molecule has 7 heteroatoms. The fraction of sp³-hybridized carbons (Fsp3) is 0.364. The van der Waals surface area contributed by atoms with Gasteiger partial charge in [-0.2, -0.15) is 0 Å². The Hall–Kier alpha value is -3.06. The molecule has 0 radical (unpaired) electrons. The minimum atomic E-state index is -0.265. The Labute approximate surface area is 173 Å². The fourth-order valence-corrected chi connectivity index (χ4v) is 3.40. The second kappa shape index (κ2) is 9.43. The minimum absolute atomic E-state index is 0.265. The van der Waals surface area contributed by atoms with Gasteiger partial charge in [-0.25, -0.2) is 4.98 Å². The van der Waals surface area contributed by atoms with Crippen LogP contribution in [0.3, 0.4) is 0 Å². The predicted molar refractivity (Wildman–Crippen MR) is 120 cm³/mol. The average molecular weight is 394 g/mol. The number of anilines is 2. The summed E-state index contributed by atoms with van der Waals surface area (Å²) in [6.07, 6.45) is 7.71. The maximum absolute atomic E-state index is 6.18. The van der Waals surface area contributed by atoms with Gasteiger partial charge in [0.15, 0.2) is 5.82 Å². The van der Waals surface area contributed by atoms with Gasteiger partial charge in [-0.15, -0.1) is 0 Å². The predicted octanol–water partition coefficient (Wildman–Crippen LogP) is 2.70. The number of aryl methyl sites for hydroxylation is 1. The van der Waals surface area contributed by atoms with E-state index in [4.69, 9.17) is 16.5 Å². The van der Waals surface area contributed by atoms with E-state index in [2.05, 4.69) is 51.9 Å². The van der Waals surface area contributed by atoms with Crippen molar-refractivity contribution in [1.82, 2.24) is 15.3 Å². The molecule has 0 spiro atoms. The third-order valence-corrected chi connectivity index (χ3v) is 5.06. The van der Waals surface area contributed by atoms with Gasteiger partial charge < -0.3 is 26.6 Å². The summed E-state index contributed by atoms with van der Waals surface area (Å²) >= 11 is 0. The van der Waals surface area contributed by atoms with E-state index in [1.165, 1.54) is 6.20 Å². The van der Waals surface area contributed by atoms with Gasteiger partial charge in [0.25, 0.3) is 0 Å². The van der Waals surface area contributed by atoms with Crippen LogP contribution in [0, 0.1) is 6.92 Å². The molecule has 2 aromatic rings. The van der Waals surface area contributed by atoms with Gasteiger partial charge in [-0.3, -0.25) is 4.98 Å². The lowest BCUT2D eigenvalue weighted by atomic mass is 10.1. The molecule has 0 aliphatic carbocycles. The third kappa shape index (κ3) is 5.06. The van der Waals surface area contributed by atoms with Crippen LogP contribution in [0.4, 0.5) is 11.5 Å². The molecule has 3 heterocycles. The minimum Gasteiger partial charge on any atom is -0.405 e. The molecule has 1 aliphatic heterocycles. The molecule has 0 bridgehead atoms. The molecule has 154 valence electrons. The van der Waals surface area contributed by atoms with Crippen molar-refractivity contribution in [2.24, 2.45) is 11.5 Å². The van der Waals surface area contributed by atoms with Crippen LogP contribution < -0.4 is 26.6 Å². The molecule has 1 atom stereocenters. The number of nitrogens with two attached hydrogens (primary N) is 2. The van der Waals surface area contributed by atoms with Crippen molar-refractivity contribution in [3.05, 3.63) is 60.8 Å². The summed E-state index contributed by atoms with van der Waals surface area (Å²) in [5.74, 6) is 1.62. The molecule has 29 heavy (non-hydrogen) atoms. The summed E-state index contributed by atoms with van der Waals surface area (Å²) in [6.45, 7) is 8.05. The molecule has 0 saturated heterocycles. The maximum atomic E-state index is 6.18. The number of hydrogen-bond donors (Lipinski definition) is 3. The molecule has 2 aromatic heterocycles. The number of nitrogens with one attached hydrogen (secondary N) is 1. The zero-order chi connectivity index (χ0) is 20.8. The van der Waals surface area contributed by atoms with Crippen LogP contribution in [0.2, 0.25) is 0 Å². The zero-order valence-electron chi connectivity index (χ0n) is 17.3. The molecule has 0 aromatic carbocycles. The molecule has 0 amide bonds. The second-order valence-corrected chi connectivity index (χ2v) is 7.37. The van der Waals surface area contributed by atoms with E-state index in [1.54, 1.807) is 0 Å². The summed E-state index contributed by atoms with van der Waals surface area (Å²) in [5, 5.41) is 3.29. The van der Waals surface area contributed by atoms with Crippen molar-refractivity contribution in [3.8, 4) is 11.3 Å². The van der Waals surface area contributed by atoms with E-state index >= 15 is 0 Å². The van der Waals surface area contributed by atoms with E-state index in [9.17, 15) is 0 Å². The van der Waals surface area contributed by atoms with Crippen LogP contribution in [0.1, 0.15) is 25.0 Å². The molecule has 3 rings (SSSR count). The molecule has 1 aliphatic rings. The molecule has 5 N–H and O–H groups in total. The van der Waals surface area contributed by atoms with Gasteiger partial charge in [0.05, 0.1) is 17.5 Å². The Kier molecular flexibility index (Phi) is 6.72. The Balaban J connectivity index is 1.96. The summed E-state index contributed by atoms with van der Waals surface area (Å²) in [7, 11) is 2.10. The Morgan fingerprint density at radius 2 is 2.07 bits per heavy atom. The van der Waals surface area contributed by atoms with Crippen LogP contribution in [-0.2, 0) is 0 Å². The van der Waals surface area contributed by atoms with Crippen LogP contribution in [0.5, 0.6) is 0 Å². The van der Waals surface area contributed by atoms with E-state index < -0.39 is 0 Å². The van der Waals surface area contributed by atoms with E-state index in [-0.39, 0.29) is 6.17 Å². The van der Waals surface area contributed by atoms with Crippen LogP contribution in [-0.4, -0.2) is 36.3 Å². The van der Waals surface area contributed by atoms with Crippen molar-refractivity contribution in [2.45, 2.75) is 32.4 Å². The van der Waals surface area contributed by atoms with Crippen LogP contribution in [0.15, 0.2) is 55.1 Å². The SMILES string of the molecule is C=C(NC(N)C/C=C\N)N1CCCCN(C)c2ccc(-c3ccc(C)nc3)nc21. The zero-order valence-corrected chi connectivity index (χ0v) is 17.3. The van der Waals surface area contributed by atoms with Crippen molar-refractivity contribution >= 4 is 11.5 Å². The highest BCUT2D eigenvalue weighted by Crippen LogP contribution is 2.33. The van der Waals surface area contributed by atoms with Crippen molar-refractivity contribution < 1.29 is 0 Å². The largest absolute Gasteiger partial charge is 0.405 e. The lowest BCUT2D eigenvalue weighted by Gasteiger charge is -2.34. The number of aromatic nitrogens is 2. The summed E-state index contributed by atoms with van der Waals surface area (Å²) < 4.78 is 0. The Bertz CT molecular complexity index is 860. The molecular weight excluding hydrogens is 362 g/mol. The Morgan fingerprint density at radius 1 is 1.28 bits per heavy atom. The fourth-order valence-electron chi connectivity index (χ4n) is 3.40. The first-order chi connectivity index (χ1) is 14.0. The first kappa shape index (κ1) is 20.7. The van der Waals surface area contributed by atoms with Gasteiger partial charge >= 0.3 is 0 Å². The van der Waals surface area contributed by atoms with E-state index in [0.717, 1.165) is 60.2 Å². The molecular formula is C22H31N7. The first-order valence-corrected chi connectivity index (χ1v) is 10.00. The lowest BCUT2D eigenvalue weighted by molar-refractivity contribution is 0.568. The quantitative estimate of drug-likeness (QED) is 0.649. The molecule has 0 saturated carbocycles. The Morgan fingerprint density at radius 3 is 2.79 bits per heavy atom. The van der Waals surface area contributed by atoms with Crippen molar-refractivity contribution in [1.29, 1.82) is 0 Å². The summed E-state index contributed by atoms with van der Waals surface area (Å²) in [6, 6.07) is 8.23. The van der Waals surface area contributed by atoms with E-state index in [1.807, 2.05) is 25.3 Å². The maximum Gasteiger partial charge on any atom is 0.158 e. The standard InChI is InChI=1S/C22H31N7/c1-16-8-9-18(15-25-16)19-10-11-20-22(27-19)29(14-5-4-13-28(20)3)17(2)26-21(24)7-6-12-23/h6,8-12,15,21,26H,2,4-5,7,13-14,23-24H2,1,3H3/b12-6-. The molecule has 7 nitrogen and oxygen atoms in total. The van der Waals surface area contributed by atoms with Gasteiger partial charge in [0, 0.05) is 44.0 Å². The second-order valence-electron chi connectivity index (χ2n) is 7.37. The van der Waals surface area contributed by atoms with Crippen molar-refractivity contribution in [3.63, 3.8) is 0 Å². The summed E-state index contributed by atoms with van der Waals surface area (Å²) in [5.41, 5.74) is 15.5. The van der Waals surface area contributed by atoms with Gasteiger partial charge in [-0.1, -0.05) is 12.7 Å². The molecule has 0 fully saturated rings. The highest BCUT2D eigenvalue weighted by Gasteiger charge is 2.22. The third-order valence-electron chi connectivity index (χ3n) is 5.06. The number of rotatable bonds is 6. The molecule has 1 unspecified atom stereocenters. The highest BCUT2D eigenvalue weighted by molar-refractivity contribution is 5.74. The monoisotopic (exact) mass is 393 g/mol. The highest BCUT2D eigenvalue weighted by atomic mass is 15.3. The van der Waals surface area contributed by atoms with Gasteiger partial charge in [0.1, 0.15) is 5.82 Å². The number of fused-ring (bicyclic) bond motifs is 1. The smallest absolute Gasteiger partial charge is 0.158 e. The summed E-state index contributed by atoms with van der Waals surface area (Å²) in [4.78, 5) is 13.8. The number of pyridine rings is 2. The van der Waals surface area contributed by atoms with Crippen LogP contribution >= 0.6 is 0 Å². The van der Waals surface area contributed by atoms with Gasteiger partial charge in [0.2, 0.25) is 0 Å². The number of hydrogen-bond acceptors (Lipinski definition) is 7. The topological polar surface area (TPSA) is 96.3 Å².